The maximum absolute atomic E-state index is 4.33. The summed E-state index contributed by atoms with van der Waals surface area (Å²) in [6, 6.07) is 0. The Kier molecular flexibility index (Phi) is 3.87. The lowest BCUT2D eigenvalue weighted by molar-refractivity contribution is 0.594. The minimum atomic E-state index is 0.622. The van der Waals surface area contributed by atoms with Crippen molar-refractivity contribution in [1.82, 2.24) is 0 Å². The van der Waals surface area contributed by atoms with Gasteiger partial charge < -0.3 is 0 Å². The summed E-state index contributed by atoms with van der Waals surface area (Å²) in [4.78, 5) is 7.98. The van der Waals surface area contributed by atoms with Crippen molar-refractivity contribution in [3.05, 3.63) is 11.3 Å². The monoisotopic (exact) mass is 178 g/mol. The highest BCUT2D eigenvalue weighted by Gasteiger charge is 2.14. The van der Waals surface area contributed by atoms with Crippen molar-refractivity contribution in [2.24, 2.45) is 15.9 Å². The fourth-order valence-electron chi connectivity index (χ4n) is 1.79. The average molecular weight is 178 g/mol. The van der Waals surface area contributed by atoms with Crippen LogP contribution in [0.2, 0.25) is 0 Å². The van der Waals surface area contributed by atoms with E-state index in [-0.39, 0.29) is 0 Å². The zero-order valence-electron chi connectivity index (χ0n) is 8.58. The van der Waals surface area contributed by atoms with E-state index in [1.54, 1.807) is 6.34 Å². The van der Waals surface area contributed by atoms with Crippen molar-refractivity contribution in [2.45, 2.75) is 39.5 Å². The molecule has 1 aliphatic carbocycles. The van der Waals surface area contributed by atoms with Gasteiger partial charge in [0.05, 0.1) is 0 Å². The third-order valence-corrected chi connectivity index (χ3v) is 2.47. The van der Waals surface area contributed by atoms with Gasteiger partial charge in [-0.1, -0.05) is 13.8 Å². The minimum absolute atomic E-state index is 0.622. The highest BCUT2D eigenvalue weighted by Crippen LogP contribution is 2.30. The summed E-state index contributed by atoms with van der Waals surface area (Å²) < 4.78 is 0. The Morgan fingerprint density at radius 3 is 2.62 bits per heavy atom. The Morgan fingerprint density at radius 1 is 1.31 bits per heavy atom. The van der Waals surface area contributed by atoms with Gasteiger partial charge in [0, 0.05) is 5.70 Å². The first-order chi connectivity index (χ1) is 6.25. The smallest absolute Gasteiger partial charge is 0.114 e. The number of rotatable bonds is 3. The third kappa shape index (κ3) is 2.79. The number of nitrogens with zero attached hydrogens (tertiary/aromatic N) is 2. The SMILES string of the molecule is C=NC=NC1=C(C(C)C)CCCC1. The molecule has 0 bridgehead atoms. The van der Waals surface area contributed by atoms with Crippen molar-refractivity contribution < 1.29 is 0 Å². The van der Waals surface area contributed by atoms with Gasteiger partial charge in [0.2, 0.25) is 0 Å². The van der Waals surface area contributed by atoms with Crippen LogP contribution >= 0.6 is 0 Å². The summed E-state index contributed by atoms with van der Waals surface area (Å²) in [6.07, 6.45) is 6.46. The molecule has 0 N–H and O–H groups in total. The molecule has 0 aromatic carbocycles. The first-order valence-corrected chi connectivity index (χ1v) is 4.96. The molecular weight excluding hydrogens is 160 g/mol. The van der Waals surface area contributed by atoms with Crippen LogP contribution in [-0.2, 0) is 0 Å². The summed E-state index contributed by atoms with van der Waals surface area (Å²) >= 11 is 0. The molecule has 0 spiro atoms. The first kappa shape index (κ1) is 10.2. The van der Waals surface area contributed by atoms with Crippen LogP contribution in [0.25, 0.3) is 0 Å². The first-order valence-electron chi connectivity index (χ1n) is 4.96. The molecule has 0 saturated carbocycles. The van der Waals surface area contributed by atoms with Crippen molar-refractivity contribution in [3.63, 3.8) is 0 Å². The van der Waals surface area contributed by atoms with Crippen LogP contribution < -0.4 is 0 Å². The molecule has 0 amide bonds. The largest absolute Gasteiger partial charge is 0.253 e. The lowest BCUT2D eigenvalue weighted by atomic mass is 9.89. The standard InChI is InChI=1S/C11H18N2/c1-9(2)10-6-4-5-7-11(10)13-8-12-3/h8-9H,3-7H2,1-2H3. The quantitative estimate of drug-likeness (QED) is 0.468. The molecule has 1 rings (SSSR count). The van der Waals surface area contributed by atoms with E-state index in [1.807, 2.05) is 0 Å². The van der Waals surface area contributed by atoms with E-state index in [4.69, 9.17) is 0 Å². The van der Waals surface area contributed by atoms with Gasteiger partial charge >= 0.3 is 0 Å². The highest BCUT2D eigenvalue weighted by molar-refractivity contribution is 5.63. The lowest BCUT2D eigenvalue weighted by Crippen LogP contribution is -2.04. The van der Waals surface area contributed by atoms with Crippen molar-refractivity contribution in [2.75, 3.05) is 0 Å². The molecule has 0 unspecified atom stereocenters. The molecule has 2 heteroatoms. The second-order valence-electron chi connectivity index (χ2n) is 3.76. The summed E-state index contributed by atoms with van der Waals surface area (Å²) in [6.45, 7) is 7.86. The van der Waals surface area contributed by atoms with Gasteiger partial charge in [0.1, 0.15) is 6.34 Å². The summed E-state index contributed by atoms with van der Waals surface area (Å²) in [5, 5.41) is 0. The molecule has 0 aromatic rings. The van der Waals surface area contributed by atoms with Crippen LogP contribution in [0.15, 0.2) is 21.3 Å². The zero-order chi connectivity index (χ0) is 9.68. The molecule has 0 atom stereocenters. The minimum Gasteiger partial charge on any atom is -0.253 e. The predicted molar refractivity (Wildman–Crippen MR) is 58.4 cm³/mol. The van der Waals surface area contributed by atoms with E-state index < -0.39 is 0 Å². The Bertz CT molecular complexity index is 236. The van der Waals surface area contributed by atoms with Crippen LogP contribution in [-0.4, -0.2) is 13.1 Å². The Morgan fingerprint density at radius 2 is 2.00 bits per heavy atom. The second-order valence-corrected chi connectivity index (χ2v) is 3.76. The van der Waals surface area contributed by atoms with E-state index in [0.717, 1.165) is 6.42 Å². The maximum atomic E-state index is 4.33. The van der Waals surface area contributed by atoms with Crippen LogP contribution in [0.3, 0.4) is 0 Å². The van der Waals surface area contributed by atoms with E-state index in [9.17, 15) is 0 Å². The van der Waals surface area contributed by atoms with Crippen LogP contribution in [0.1, 0.15) is 39.5 Å². The number of aliphatic imine (C=N–C) groups is 2. The van der Waals surface area contributed by atoms with Gasteiger partial charge in [-0.3, -0.25) is 4.99 Å². The van der Waals surface area contributed by atoms with Gasteiger partial charge in [-0.2, -0.15) is 0 Å². The Hall–Kier alpha value is -0.920. The summed E-state index contributed by atoms with van der Waals surface area (Å²) in [5.41, 5.74) is 2.75. The summed E-state index contributed by atoms with van der Waals surface area (Å²) in [7, 11) is 0. The molecule has 0 saturated heterocycles. The number of hydrogen-bond donors (Lipinski definition) is 0. The molecule has 13 heavy (non-hydrogen) atoms. The van der Waals surface area contributed by atoms with Gasteiger partial charge in [0.25, 0.3) is 0 Å². The molecule has 2 nitrogen and oxygen atoms in total. The molecule has 1 aliphatic rings. The Balaban J connectivity index is 2.83. The average Bonchev–Trinajstić information content (AvgIpc) is 2.15. The van der Waals surface area contributed by atoms with Crippen LogP contribution in [0, 0.1) is 5.92 Å². The zero-order valence-corrected chi connectivity index (χ0v) is 8.58. The van der Waals surface area contributed by atoms with Gasteiger partial charge in [-0.15, -0.1) is 0 Å². The van der Waals surface area contributed by atoms with Crippen molar-refractivity contribution in [3.8, 4) is 0 Å². The highest BCUT2D eigenvalue weighted by atomic mass is 14.9. The molecular formula is C11H18N2. The van der Waals surface area contributed by atoms with E-state index in [2.05, 4.69) is 30.5 Å². The number of hydrogen-bond acceptors (Lipinski definition) is 1. The third-order valence-electron chi connectivity index (χ3n) is 2.47. The maximum Gasteiger partial charge on any atom is 0.114 e. The lowest BCUT2D eigenvalue weighted by Gasteiger charge is -2.19. The predicted octanol–water partition coefficient (Wildman–Crippen LogP) is 3.20. The summed E-state index contributed by atoms with van der Waals surface area (Å²) in [5.74, 6) is 0.622. The molecule has 0 radical (unpaired) electrons. The topological polar surface area (TPSA) is 24.7 Å². The number of allylic oxidation sites excluding steroid dienone is 2. The van der Waals surface area contributed by atoms with E-state index >= 15 is 0 Å². The van der Waals surface area contributed by atoms with E-state index in [1.165, 1.54) is 30.5 Å². The van der Waals surface area contributed by atoms with Gasteiger partial charge in [-0.05, 0) is 43.9 Å². The van der Waals surface area contributed by atoms with Crippen LogP contribution in [0.4, 0.5) is 0 Å². The molecule has 0 fully saturated rings. The second kappa shape index (κ2) is 4.95. The fraction of sp³-hybridized carbons (Fsp3) is 0.636. The van der Waals surface area contributed by atoms with Gasteiger partial charge in [-0.25, -0.2) is 4.99 Å². The molecule has 0 aromatic heterocycles. The normalized spacial score (nSPS) is 18.7. The van der Waals surface area contributed by atoms with E-state index in [0.29, 0.717) is 5.92 Å². The Labute approximate surface area is 80.5 Å². The van der Waals surface area contributed by atoms with Crippen LogP contribution in [0.5, 0.6) is 0 Å². The van der Waals surface area contributed by atoms with Gasteiger partial charge in [0.15, 0.2) is 0 Å². The fourth-order valence-corrected chi connectivity index (χ4v) is 1.79. The molecule has 0 heterocycles. The molecule has 0 aliphatic heterocycles. The van der Waals surface area contributed by atoms with Crippen molar-refractivity contribution >= 4 is 13.1 Å². The molecule has 72 valence electrons. The van der Waals surface area contributed by atoms with Crippen molar-refractivity contribution in [1.29, 1.82) is 0 Å².